The molecular formula is C21H14Cl2N4O3. The van der Waals surface area contributed by atoms with Gasteiger partial charge in [0, 0.05) is 11.1 Å². The van der Waals surface area contributed by atoms with Crippen LogP contribution in [-0.2, 0) is 4.74 Å². The topological polar surface area (TPSA) is 90.1 Å². The van der Waals surface area contributed by atoms with Crippen molar-refractivity contribution in [2.75, 3.05) is 12.4 Å². The van der Waals surface area contributed by atoms with Gasteiger partial charge in [-0.05, 0) is 24.3 Å². The zero-order valence-electron chi connectivity index (χ0n) is 15.6. The van der Waals surface area contributed by atoms with Crippen LogP contribution in [0, 0.1) is 0 Å². The SMILES string of the molecule is COC(=O)c1c(-c2c(Cl)cccc2Cl)noc1Nc1ccc(-c2ccccc2)nn1. The fourth-order valence-corrected chi connectivity index (χ4v) is 3.42. The van der Waals surface area contributed by atoms with Crippen molar-refractivity contribution in [2.24, 2.45) is 0 Å². The molecule has 1 N–H and O–H groups in total. The Morgan fingerprint density at radius 2 is 1.70 bits per heavy atom. The van der Waals surface area contributed by atoms with Crippen LogP contribution >= 0.6 is 23.2 Å². The Morgan fingerprint density at radius 1 is 0.967 bits per heavy atom. The first kappa shape index (κ1) is 19.9. The molecule has 0 aliphatic rings. The van der Waals surface area contributed by atoms with E-state index in [-0.39, 0.29) is 17.1 Å². The van der Waals surface area contributed by atoms with E-state index < -0.39 is 5.97 Å². The highest BCUT2D eigenvalue weighted by Crippen LogP contribution is 2.39. The maximum absolute atomic E-state index is 12.5. The molecule has 0 fully saturated rings. The molecule has 0 saturated heterocycles. The van der Waals surface area contributed by atoms with E-state index in [1.807, 2.05) is 30.3 Å². The summed E-state index contributed by atoms with van der Waals surface area (Å²) in [6.45, 7) is 0. The van der Waals surface area contributed by atoms with Gasteiger partial charge in [0.25, 0.3) is 0 Å². The first-order chi connectivity index (χ1) is 14.6. The lowest BCUT2D eigenvalue weighted by atomic mass is 10.1. The van der Waals surface area contributed by atoms with Gasteiger partial charge in [-0.15, -0.1) is 10.2 Å². The summed E-state index contributed by atoms with van der Waals surface area (Å²) in [5.41, 5.74) is 2.20. The molecule has 0 atom stereocenters. The quantitative estimate of drug-likeness (QED) is 0.401. The molecule has 0 spiro atoms. The van der Waals surface area contributed by atoms with Gasteiger partial charge >= 0.3 is 5.97 Å². The van der Waals surface area contributed by atoms with Crippen LogP contribution in [0.3, 0.4) is 0 Å². The highest BCUT2D eigenvalue weighted by atomic mass is 35.5. The molecule has 2 aromatic heterocycles. The molecule has 0 unspecified atom stereocenters. The number of carbonyl (C=O) groups excluding carboxylic acids is 1. The summed E-state index contributed by atoms with van der Waals surface area (Å²) >= 11 is 12.5. The second-order valence-corrected chi connectivity index (χ2v) is 6.93. The second-order valence-electron chi connectivity index (χ2n) is 6.12. The van der Waals surface area contributed by atoms with E-state index >= 15 is 0 Å². The predicted octanol–water partition coefficient (Wildman–Crippen LogP) is 5.64. The van der Waals surface area contributed by atoms with Crippen LogP contribution in [-0.4, -0.2) is 28.4 Å². The molecule has 150 valence electrons. The zero-order chi connectivity index (χ0) is 21.1. The van der Waals surface area contributed by atoms with Gasteiger partial charge in [0.05, 0.1) is 22.8 Å². The van der Waals surface area contributed by atoms with E-state index in [4.69, 9.17) is 32.5 Å². The van der Waals surface area contributed by atoms with Gasteiger partial charge in [-0.2, -0.15) is 0 Å². The van der Waals surface area contributed by atoms with Gasteiger partial charge in [0.1, 0.15) is 5.69 Å². The minimum absolute atomic E-state index is 0.0367. The van der Waals surface area contributed by atoms with Crippen molar-refractivity contribution in [1.29, 1.82) is 0 Å². The van der Waals surface area contributed by atoms with Crippen molar-refractivity contribution < 1.29 is 14.1 Å². The van der Waals surface area contributed by atoms with Gasteiger partial charge in [-0.25, -0.2) is 4.79 Å². The fraction of sp³-hybridized carbons (Fsp3) is 0.0476. The number of nitrogens with one attached hydrogen (secondary N) is 1. The third kappa shape index (κ3) is 3.85. The Kier molecular flexibility index (Phi) is 5.65. The summed E-state index contributed by atoms with van der Waals surface area (Å²) < 4.78 is 10.2. The number of rotatable bonds is 5. The Bertz CT molecular complexity index is 1170. The zero-order valence-corrected chi connectivity index (χ0v) is 17.1. The van der Waals surface area contributed by atoms with Crippen molar-refractivity contribution in [3.63, 3.8) is 0 Å². The van der Waals surface area contributed by atoms with Gasteiger partial charge in [0.15, 0.2) is 11.4 Å². The monoisotopic (exact) mass is 440 g/mol. The molecule has 0 aliphatic heterocycles. The normalized spacial score (nSPS) is 10.6. The molecule has 2 aromatic carbocycles. The van der Waals surface area contributed by atoms with E-state index in [0.717, 1.165) is 5.56 Å². The number of halogens is 2. The van der Waals surface area contributed by atoms with Crippen molar-refractivity contribution in [2.45, 2.75) is 0 Å². The molecule has 4 aromatic rings. The van der Waals surface area contributed by atoms with Gasteiger partial charge in [-0.3, -0.25) is 0 Å². The van der Waals surface area contributed by atoms with E-state index in [2.05, 4.69) is 20.7 Å². The number of hydrogen-bond acceptors (Lipinski definition) is 7. The van der Waals surface area contributed by atoms with Crippen LogP contribution in [0.25, 0.3) is 22.5 Å². The summed E-state index contributed by atoms with van der Waals surface area (Å²) in [7, 11) is 1.26. The minimum Gasteiger partial charge on any atom is -0.465 e. The molecule has 7 nitrogen and oxygen atoms in total. The lowest BCUT2D eigenvalue weighted by Gasteiger charge is -2.07. The van der Waals surface area contributed by atoms with Gasteiger partial charge < -0.3 is 14.6 Å². The molecule has 9 heteroatoms. The van der Waals surface area contributed by atoms with E-state index in [9.17, 15) is 4.79 Å². The highest BCUT2D eigenvalue weighted by molar-refractivity contribution is 6.39. The molecule has 0 saturated carbocycles. The van der Waals surface area contributed by atoms with Crippen LogP contribution in [0.5, 0.6) is 0 Å². The Morgan fingerprint density at radius 3 is 2.33 bits per heavy atom. The van der Waals surface area contributed by atoms with Crippen LogP contribution < -0.4 is 5.32 Å². The summed E-state index contributed by atoms with van der Waals surface area (Å²) in [6.07, 6.45) is 0. The largest absolute Gasteiger partial charge is 0.465 e. The highest BCUT2D eigenvalue weighted by Gasteiger charge is 2.28. The number of benzene rings is 2. The Balaban J connectivity index is 1.70. The Labute approximate surface area is 181 Å². The summed E-state index contributed by atoms with van der Waals surface area (Å²) in [4.78, 5) is 12.5. The van der Waals surface area contributed by atoms with Crippen molar-refractivity contribution >= 4 is 40.9 Å². The first-order valence-corrected chi connectivity index (χ1v) is 9.52. The average molecular weight is 441 g/mol. The molecule has 4 rings (SSSR count). The molecule has 2 heterocycles. The number of esters is 1. The maximum Gasteiger partial charge on any atom is 0.345 e. The summed E-state index contributed by atoms with van der Waals surface area (Å²) in [5, 5.41) is 15.9. The number of nitrogens with zero attached hydrogens (tertiary/aromatic N) is 3. The molecule has 0 bridgehead atoms. The number of aromatic nitrogens is 3. The average Bonchev–Trinajstić information content (AvgIpc) is 3.17. The Hall–Kier alpha value is -3.42. The van der Waals surface area contributed by atoms with Crippen molar-refractivity contribution in [3.05, 3.63) is 76.3 Å². The summed E-state index contributed by atoms with van der Waals surface area (Å²) in [5.74, 6) is -0.277. The number of carbonyl (C=O) groups is 1. The van der Waals surface area contributed by atoms with E-state index in [1.165, 1.54) is 7.11 Å². The third-order valence-corrected chi connectivity index (χ3v) is 4.89. The minimum atomic E-state index is -0.668. The molecular weight excluding hydrogens is 427 g/mol. The van der Waals surface area contributed by atoms with Crippen LogP contribution in [0.2, 0.25) is 10.0 Å². The lowest BCUT2D eigenvalue weighted by molar-refractivity contribution is 0.0602. The van der Waals surface area contributed by atoms with Crippen LogP contribution in [0.4, 0.5) is 11.7 Å². The van der Waals surface area contributed by atoms with Crippen LogP contribution in [0.1, 0.15) is 10.4 Å². The van der Waals surface area contributed by atoms with E-state index in [1.54, 1.807) is 30.3 Å². The second kappa shape index (κ2) is 8.52. The number of hydrogen-bond donors (Lipinski definition) is 1. The standard InChI is InChI=1S/C21H14Cl2N4O3/c1-29-21(28)18-19(17-13(22)8-5-9-14(17)23)27-30-20(18)24-16-11-10-15(25-26-16)12-6-3-2-4-7-12/h2-11H,1H3,(H,24,26). The summed E-state index contributed by atoms with van der Waals surface area (Å²) in [6, 6.07) is 18.1. The van der Waals surface area contributed by atoms with Crippen molar-refractivity contribution in [1.82, 2.24) is 15.4 Å². The number of methoxy groups -OCH3 is 1. The molecule has 0 radical (unpaired) electrons. The predicted molar refractivity (Wildman–Crippen MR) is 114 cm³/mol. The fourth-order valence-electron chi connectivity index (χ4n) is 2.84. The van der Waals surface area contributed by atoms with E-state index in [0.29, 0.717) is 27.1 Å². The molecule has 0 aliphatic carbocycles. The first-order valence-electron chi connectivity index (χ1n) is 8.77. The molecule has 0 amide bonds. The lowest BCUT2D eigenvalue weighted by Crippen LogP contribution is -2.06. The molecule has 30 heavy (non-hydrogen) atoms. The number of anilines is 2. The van der Waals surface area contributed by atoms with Gasteiger partial charge in [-0.1, -0.05) is 64.8 Å². The number of ether oxygens (including phenoxy) is 1. The maximum atomic E-state index is 12.5. The van der Waals surface area contributed by atoms with Crippen LogP contribution in [0.15, 0.2) is 65.2 Å². The van der Waals surface area contributed by atoms with Gasteiger partial charge in [0.2, 0.25) is 5.88 Å². The third-order valence-electron chi connectivity index (χ3n) is 4.26. The smallest absolute Gasteiger partial charge is 0.345 e. The van der Waals surface area contributed by atoms with Crippen molar-refractivity contribution in [3.8, 4) is 22.5 Å².